The van der Waals surface area contributed by atoms with Gasteiger partial charge in [-0.25, -0.2) is 0 Å². The fraction of sp³-hybridized carbons (Fsp3) is 0. The normalized spacial score (nSPS) is 13.8. The maximum Gasteiger partial charge on any atom is -0.0117 e. The number of hydrogen-bond acceptors (Lipinski definition) is 0. The quantitative estimate of drug-likeness (QED) is 0.504. The molecule has 10 heavy (non-hydrogen) atoms. The van der Waals surface area contributed by atoms with Gasteiger partial charge in [-0.2, -0.15) is 0 Å². The molecule has 0 amide bonds. The Morgan fingerprint density at radius 2 is 1.80 bits per heavy atom. The first-order valence-corrected chi connectivity index (χ1v) is 3.34. The van der Waals surface area contributed by atoms with E-state index >= 15 is 0 Å². The molecule has 1 aliphatic carbocycles. The first kappa shape index (κ1) is 5.48. The molecule has 0 radical (unpaired) electrons. The minimum atomic E-state index is 1.12. The van der Waals surface area contributed by atoms with Gasteiger partial charge in [-0.1, -0.05) is 43.0 Å². The largest absolute Gasteiger partial charge is 0.0911 e. The summed E-state index contributed by atoms with van der Waals surface area (Å²) in [4.78, 5) is 0. The molecule has 0 aliphatic heterocycles. The zero-order valence-corrected chi connectivity index (χ0v) is 5.67. The van der Waals surface area contributed by atoms with Gasteiger partial charge in [0.15, 0.2) is 0 Å². The molecule has 0 heterocycles. The van der Waals surface area contributed by atoms with Gasteiger partial charge < -0.3 is 0 Å². The highest BCUT2D eigenvalue weighted by Crippen LogP contribution is 2.26. The Morgan fingerprint density at radius 3 is 2.60 bits per heavy atom. The van der Waals surface area contributed by atoms with Gasteiger partial charge in [0.05, 0.1) is 0 Å². The highest BCUT2D eigenvalue weighted by atomic mass is 14.1. The lowest BCUT2D eigenvalue weighted by Gasteiger charge is -1.95. The average Bonchev–Trinajstić information content (AvgIpc) is 2.34. The van der Waals surface area contributed by atoms with Crippen molar-refractivity contribution in [1.29, 1.82) is 0 Å². The van der Waals surface area contributed by atoms with E-state index in [1.807, 2.05) is 18.2 Å². The van der Waals surface area contributed by atoms with E-state index in [1.165, 1.54) is 11.1 Å². The Labute approximate surface area is 60.5 Å². The minimum absolute atomic E-state index is 1.12. The lowest BCUT2D eigenvalue weighted by Crippen LogP contribution is -1.75. The number of fused-ring (bicyclic) bond motifs is 1. The predicted molar refractivity (Wildman–Crippen MR) is 44.5 cm³/mol. The van der Waals surface area contributed by atoms with Crippen LogP contribution in [0.2, 0.25) is 0 Å². The van der Waals surface area contributed by atoms with Crippen molar-refractivity contribution < 1.29 is 0 Å². The molecule has 0 saturated heterocycles. The van der Waals surface area contributed by atoms with Crippen LogP contribution in [-0.2, 0) is 0 Å². The zero-order valence-electron chi connectivity index (χ0n) is 5.67. The second-order valence-electron chi connectivity index (χ2n) is 2.45. The van der Waals surface area contributed by atoms with Crippen molar-refractivity contribution in [3.05, 3.63) is 48.0 Å². The topological polar surface area (TPSA) is 0 Å². The van der Waals surface area contributed by atoms with E-state index in [1.54, 1.807) is 0 Å². The second-order valence-corrected chi connectivity index (χ2v) is 2.45. The van der Waals surface area contributed by atoms with Gasteiger partial charge in [0, 0.05) is 0 Å². The molecule has 0 bridgehead atoms. The van der Waals surface area contributed by atoms with Crippen molar-refractivity contribution in [2.45, 2.75) is 0 Å². The van der Waals surface area contributed by atoms with Gasteiger partial charge in [0.1, 0.15) is 0 Å². The molecule has 1 aromatic rings. The summed E-state index contributed by atoms with van der Waals surface area (Å²) in [6.07, 6.45) is 4.14. The summed E-state index contributed by atoms with van der Waals surface area (Å²) < 4.78 is 0. The first-order valence-electron chi connectivity index (χ1n) is 3.34. The van der Waals surface area contributed by atoms with Crippen molar-refractivity contribution in [2.24, 2.45) is 0 Å². The number of hydrogen-bond donors (Lipinski definition) is 0. The summed E-state index contributed by atoms with van der Waals surface area (Å²) in [6.45, 7) is 3.91. The van der Waals surface area contributed by atoms with E-state index in [-0.39, 0.29) is 0 Å². The Hall–Kier alpha value is -1.30. The molecule has 0 N–H and O–H groups in total. The number of allylic oxidation sites excluding steroid dienone is 2. The minimum Gasteiger partial charge on any atom is -0.0911 e. The van der Waals surface area contributed by atoms with E-state index in [4.69, 9.17) is 0 Å². The Morgan fingerprint density at radius 1 is 1.00 bits per heavy atom. The van der Waals surface area contributed by atoms with Gasteiger partial charge in [-0.15, -0.1) is 0 Å². The third-order valence-electron chi connectivity index (χ3n) is 1.77. The molecule has 0 spiro atoms. The smallest absolute Gasteiger partial charge is 0.0117 e. The molecular formula is C10H8. The fourth-order valence-electron chi connectivity index (χ4n) is 1.21. The molecule has 0 unspecified atom stereocenters. The summed E-state index contributed by atoms with van der Waals surface area (Å²) in [5, 5.41) is 0. The Kier molecular flexibility index (Phi) is 1.01. The maximum absolute atomic E-state index is 3.91. The predicted octanol–water partition coefficient (Wildman–Crippen LogP) is 2.73. The van der Waals surface area contributed by atoms with Crippen molar-refractivity contribution in [2.75, 3.05) is 0 Å². The molecule has 0 heteroatoms. The van der Waals surface area contributed by atoms with E-state index in [0.29, 0.717) is 0 Å². The van der Waals surface area contributed by atoms with Crippen LogP contribution in [0.1, 0.15) is 11.1 Å². The van der Waals surface area contributed by atoms with Gasteiger partial charge in [-0.05, 0) is 16.7 Å². The lowest BCUT2D eigenvalue weighted by atomic mass is 10.1. The Bertz CT molecular complexity index is 306. The summed E-state index contributed by atoms with van der Waals surface area (Å²) >= 11 is 0. The molecule has 1 aromatic carbocycles. The standard InChI is InChI=1S/C10H8/c1-8-6-7-9-4-2-3-5-10(8)9/h2-7H,1H2. The average molecular weight is 128 g/mol. The highest BCUT2D eigenvalue weighted by Gasteiger charge is 2.05. The zero-order chi connectivity index (χ0) is 6.97. The van der Waals surface area contributed by atoms with Crippen LogP contribution >= 0.6 is 0 Å². The van der Waals surface area contributed by atoms with Crippen LogP contribution in [0, 0.1) is 0 Å². The fourth-order valence-corrected chi connectivity index (χ4v) is 1.21. The van der Waals surface area contributed by atoms with Crippen molar-refractivity contribution in [3.63, 3.8) is 0 Å². The number of rotatable bonds is 0. The van der Waals surface area contributed by atoms with Crippen LogP contribution in [-0.4, -0.2) is 0 Å². The van der Waals surface area contributed by atoms with Crippen LogP contribution in [0.3, 0.4) is 0 Å². The van der Waals surface area contributed by atoms with Crippen LogP contribution in [0.4, 0.5) is 0 Å². The number of benzene rings is 1. The molecule has 0 saturated carbocycles. The second kappa shape index (κ2) is 1.84. The lowest BCUT2D eigenvalue weighted by molar-refractivity contribution is 1.62. The van der Waals surface area contributed by atoms with Crippen LogP contribution in [0.25, 0.3) is 11.6 Å². The van der Waals surface area contributed by atoms with E-state index in [0.717, 1.165) is 5.57 Å². The summed E-state index contributed by atoms with van der Waals surface area (Å²) in [6, 6.07) is 8.28. The SMILES string of the molecule is C=C1C=Cc2ccccc21. The van der Waals surface area contributed by atoms with E-state index in [2.05, 4.69) is 24.8 Å². The van der Waals surface area contributed by atoms with Crippen molar-refractivity contribution in [3.8, 4) is 0 Å². The van der Waals surface area contributed by atoms with Gasteiger partial charge in [0.25, 0.3) is 0 Å². The van der Waals surface area contributed by atoms with Crippen molar-refractivity contribution >= 4 is 11.6 Å². The summed E-state index contributed by atoms with van der Waals surface area (Å²) in [5.74, 6) is 0. The summed E-state index contributed by atoms with van der Waals surface area (Å²) in [7, 11) is 0. The molecule has 0 aromatic heterocycles. The van der Waals surface area contributed by atoms with E-state index < -0.39 is 0 Å². The van der Waals surface area contributed by atoms with Crippen LogP contribution in [0.15, 0.2) is 36.9 Å². The van der Waals surface area contributed by atoms with Crippen LogP contribution < -0.4 is 0 Å². The molecule has 48 valence electrons. The highest BCUT2D eigenvalue weighted by molar-refractivity contribution is 5.88. The van der Waals surface area contributed by atoms with E-state index in [9.17, 15) is 0 Å². The molecule has 0 atom stereocenters. The third kappa shape index (κ3) is 0.623. The van der Waals surface area contributed by atoms with Gasteiger partial charge in [0.2, 0.25) is 0 Å². The molecular weight excluding hydrogens is 120 g/mol. The molecule has 0 nitrogen and oxygen atoms in total. The van der Waals surface area contributed by atoms with Gasteiger partial charge in [-0.3, -0.25) is 0 Å². The molecule has 2 rings (SSSR count). The van der Waals surface area contributed by atoms with Gasteiger partial charge >= 0.3 is 0 Å². The summed E-state index contributed by atoms with van der Waals surface area (Å²) in [5.41, 5.74) is 3.67. The van der Waals surface area contributed by atoms with Crippen molar-refractivity contribution in [1.82, 2.24) is 0 Å². The molecule has 0 fully saturated rings. The Balaban J connectivity index is 2.70. The first-order chi connectivity index (χ1) is 4.88. The third-order valence-corrected chi connectivity index (χ3v) is 1.77. The molecule has 1 aliphatic rings. The van der Waals surface area contributed by atoms with Crippen LogP contribution in [0.5, 0.6) is 0 Å². The maximum atomic E-state index is 3.91. The monoisotopic (exact) mass is 128 g/mol.